The summed E-state index contributed by atoms with van der Waals surface area (Å²) in [5.74, 6) is 0.890. The van der Waals surface area contributed by atoms with E-state index in [2.05, 4.69) is 12.2 Å². The molecule has 3 nitrogen and oxygen atoms in total. The van der Waals surface area contributed by atoms with Crippen LogP contribution in [-0.2, 0) is 4.74 Å². The minimum Gasteiger partial charge on any atom is -0.386 e. The van der Waals surface area contributed by atoms with Crippen LogP contribution in [0.3, 0.4) is 0 Å². The normalized spacial score (nSPS) is 40.1. The Hall–Kier alpha value is -0.120. The second-order valence-electron chi connectivity index (χ2n) is 5.55. The standard InChI is InChI=1S/C13H25NO2/c1-2-11-4-3-5-12(8-11)14-9-13(15)6-7-16-10-13/h11-12,14-15H,2-10H2,1H3. The van der Waals surface area contributed by atoms with Crippen LogP contribution in [0.25, 0.3) is 0 Å². The molecule has 0 aromatic rings. The molecule has 3 unspecified atom stereocenters. The number of nitrogens with one attached hydrogen (secondary N) is 1. The summed E-state index contributed by atoms with van der Waals surface area (Å²) in [7, 11) is 0. The smallest absolute Gasteiger partial charge is 0.102 e. The largest absolute Gasteiger partial charge is 0.386 e. The molecule has 1 aliphatic carbocycles. The lowest BCUT2D eigenvalue weighted by molar-refractivity contribution is 0.0229. The highest BCUT2D eigenvalue weighted by molar-refractivity contribution is 4.87. The predicted molar refractivity (Wildman–Crippen MR) is 64.4 cm³/mol. The zero-order valence-electron chi connectivity index (χ0n) is 10.4. The molecular weight excluding hydrogens is 202 g/mol. The molecule has 1 heterocycles. The molecule has 0 aromatic carbocycles. The monoisotopic (exact) mass is 227 g/mol. The Morgan fingerprint density at radius 3 is 3.00 bits per heavy atom. The molecule has 0 bridgehead atoms. The van der Waals surface area contributed by atoms with Crippen molar-refractivity contribution in [2.75, 3.05) is 19.8 Å². The maximum absolute atomic E-state index is 10.2. The van der Waals surface area contributed by atoms with Crippen LogP contribution in [0.15, 0.2) is 0 Å². The third kappa shape index (κ3) is 3.19. The summed E-state index contributed by atoms with van der Waals surface area (Å²) < 4.78 is 5.25. The Balaban J connectivity index is 1.72. The molecule has 2 fully saturated rings. The van der Waals surface area contributed by atoms with Gasteiger partial charge in [-0.25, -0.2) is 0 Å². The van der Waals surface area contributed by atoms with Crippen LogP contribution in [0.1, 0.15) is 45.4 Å². The zero-order valence-corrected chi connectivity index (χ0v) is 10.4. The van der Waals surface area contributed by atoms with E-state index in [4.69, 9.17) is 4.74 Å². The van der Waals surface area contributed by atoms with E-state index in [1.165, 1.54) is 32.1 Å². The van der Waals surface area contributed by atoms with Crippen molar-refractivity contribution in [1.29, 1.82) is 0 Å². The fourth-order valence-corrected chi connectivity index (χ4v) is 2.92. The SMILES string of the molecule is CCC1CCCC(NCC2(O)CCOC2)C1. The summed E-state index contributed by atoms with van der Waals surface area (Å²) in [6.45, 7) is 4.20. The Morgan fingerprint density at radius 2 is 2.31 bits per heavy atom. The van der Waals surface area contributed by atoms with E-state index >= 15 is 0 Å². The number of rotatable bonds is 4. The van der Waals surface area contributed by atoms with Crippen LogP contribution in [0.2, 0.25) is 0 Å². The predicted octanol–water partition coefficient (Wildman–Crippen LogP) is 1.70. The van der Waals surface area contributed by atoms with Gasteiger partial charge >= 0.3 is 0 Å². The maximum Gasteiger partial charge on any atom is 0.102 e. The molecule has 16 heavy (non-hydrogen) atoms. The maximum atomic E-state index is 10.2. The first-order valence-electron chi connectivity index (χ1n) is 6.75. The third-order valence-corrected chi connectivity index (χ3v) is 4.16. The Morgan fingerprint density at radius 1 is 1.44 bits per heavy atom. The van der Waals surface area contributed by atoms with Gasteiger partial charge in [0.2, 0.25) is 0 Å². The molecule has 0 aromatic heterocycles. The van der Waals surface area contributed by atoms with E-state index in [9.17, 15) is 5.11 Å². The van der Waals surface area contributed by atoms with Gasteiger partial charge in [-0.05, 0) is 18.8 Å². The molecule has 3 heteroatoms. The topological polar surface area (TPSA) is 41.5 Å². The van der Waals surface area contributed by atoms with Crippen molar-refractivity contribution in [2.45, 2.75) is 57.1 Å². The summed E-state index contributed by atoms with van der Waals surface area (Å²) in [5, 5.41) is 13.7. The van der Waals surface area contributed by atoms with Crippen LogP contribution < -0.4 is 5.32 Å². The molecule has 2 N–H and O–H groups in total. The van der Waals surface area contributed by atoms with Gasteiger partial charge in [0.25, 0.3) is 0 Å². The van der Waals surface area contributed by atoms with E-state index in [1.54, 1.807) is 0 Å². The molecule has 1 aliphatic heterocycles. The van der Waals surface area contributed by atoms with Gasteiger partial charge < -0.3 is 15.2 Å². The van der Waals surface area contributed by atoms with Gasteiger partial charge in [-0.3, -0.25) is 0 Å². The lowest BCUT2D eigenvalue weighted by Gasteiger charge is -2.31. The van der Waals surface area contributed by atoms with Crippen molar-refractivity contribution in [2.24, 2.45) is 5.92 Å². The third-order valence-electron chi connectivity index (χ3n) is 4.16. The van der Waals surface area contributed by atoms with E-state index in [0.717, 1.165) is 12.3 Å². The van der Waals surface area contributed by atoms with Crippen molar-refractivity contribution >= 4 is 0 Å². The fraction of sp³-hybridized carbons (Fsp3) is 1.00. The van der Waals surface area contributed by atoms with Crippen LogP contribution in [-0.4, -0.2) is 36.5 Å². The van der Waals surface area contributed by atoms with Crippen LogP contribution in [0.5, 0.6) is 0 Å². The van der Waals surface area contributed by atoms with Crippen molar-refractivity contribution in [3.8, 4) is 0 Å². The lowest BCUT2D eigenvalue weighted by atomic mass is 9.84. The summed E-state index contributed by atoms with van der Waals surface area (Å²) in [4.78, 5) is 0. The van der Waals surface area contributed by atoms with Gasteiger partial charge in [0.1, 0.15) is 5.60 Å². The highest BCUT2D eigenvalue weighted by atomic mass is 16.5. The van der Waals surface area contributed by atoms with Crippen molar-refractivity contribution in [1.82, 2.24) is 5.32 Å². The summed E-state index contributed by atoms with van der Waals surface area (Å²) >= 11 is 0. The zero-order chi connectivity index (χ0) is 11.4. The van der Waals surface area contributed by atoms with Crippen molar-refractivity contribution in [3.05, 3.63) is 0 Å². The second-order valence-corrected chi connectivity index (χ2v) is 5.55. The Kier molecular flexibility index (Phi) is 4.22. The van der Waals surface area contributed by atoms with Crippen LogP contribution in [0, 0.1) is 5.92 Å². The number of ether oxygens (including phenoxy) is 1. The summed E-state index contributed by atoms with van der Waals surface area (Å²) in [6, 6.07) is 0.614. The molecule has 0 radical (unpaired) electrons. The Labute approximate surface area is 98.6 Å². The summed E-state index contributed by atoms with van der Waals surface area (Å²) in [6.07, 6.45) is 7.36. The molecule has 1 saturated carbocycles. The van der Waals surface area contributed by atoms with Crippen molar-refractivity contribution in [3.63, 3.8) is 0 Å². The van der Waals surface area contributed by atoms with Gasteiger partial charge in [-0.1, -0.05) is 26.2 Å². The molecule has 94 valence electrons. The molecule has 0 amide bonds. The van der Waals surface area contributed by atoms with Crippen LogP contribution >= 0.6 is 0 Å². The van der Waals surface area contributed by atoms with Gasteiger partial charge in [-0.15, -0.1) is 0 Å². The fourth-order valence-electron chi connectivity index (χ4n) is 2.92. The number of hydrogen-bond donors (Lipinski definition) is 2. The van der Waals surface area contributed by atoms with E-state index < -0.39 is 5.60 Å². The minimum atomic E-state index is -0.598. The molecule has 2 aliphatic rings. The van der Waals surface area contributed by atoms with Crippen LogP contribution in [0.4, 0.5) is 0 Å². The van der Waals surface area contributed by atoms with Gasteiger partial charge in [-0.2, -0.15) is 0 Å². The molecule has 0 spiro atoms. The first kappa shape index (κ1) is 12.3. The highest BCUT2D eigenvalue weighted by Gasteiger charge is 2.33. The molecular formula is C13H25NO2. The van der Waals surface area contributed by atoms with E-state index in [0.29, 0.717) is 25.8 Å². The second kappa shape index (κ2) is 5.48. The Bertz CT molecular complexity index is 214. The van der Waals surface area contributed by atoms with E-state index in [1.807, 2.05) is 0 Å². The molecule has 1 saturated heterocycles. The molecule has 3 atom stereocenters. The molecule has 2 rings (SSSR count). The van der Waals surface area contributed by atoms with Gasteiger partial charge in [0.05, 0.1) is 6.61 Å². The first-order valence-corrected chi connectivity index (χ1v) is 6.75. The van der Waals surface area contributed by atoms with Gasteiger partial charge in [0.15, 0.2) is 0 Å². The minimum absolute atomic E-state index is 0.504. The average Bonchev–Trinajstić information content (AvgIpc) is 2.75. The lowest BCUT2D eigenvalue weighted by Crippen LogP contribution is -2.46. The average molecular weight is 227 g/mol. The van der Waals surface area contributed by atoms with Gasteiger partial charge in [0, 0.05) is 25.6 Å². The highest BCUT2D eigenvalue weighted by Crippen LogP contribution is 2.27. The number of aliphatic hydroxyl groups is 1. The van der Waals surface area contributed by atoms with Crippen molar-refractivity contribution < 1.29 is 9.84 Å². The summed E-state index contributed by atoms with van der Waals surface area (Å²) in [5.41, 5.74) is -0.598. The number of hydrogen-bond acceptors (Lipinski definition) is 3. The first-order chi connectivity index (χ1) is 7.72. The van der Waals surface area contributed by atoms with E-state index in [-0.39, 0.29) is 0 Å². The quantitative estimate of drug-likeness (QED) is 0.768.